The number of anilines is 1. The van der Waals surface area contributed by atoms with Crippen LogP contribution in [0.2, 0.25) is 0 Å². The number of esters is 1. The standard InChI is InChI=1S/C19H16N4O4/c1-11(18(25)23-14-7-3-2-5-12(14)17(20)24)27-19(26)13-6-4-8-15-16(13)22-10-9-21-15/h2-11H,1H3,(H2,20,24)(H,23,25). The summed E-state index contributed by atoms with van der Waals surface area (Å²) in [5.41, 5.74) is 6.83. The summed E-state index contributed by atoms with van der Waals surface area (Å²) in [4.78, 5) is 44.5. The number of nitrogens with two attached hydrogens (primary N) is 1. The highest BCUT2D eigenvalue weighted by molar-refractivity contribution is 6.06. The van der Waals surface area contributed by atoms with Gasteiger partial charge in [-0.25, -0.2) is 4.79 Å². The molecule has 3 N–H and O–H groups in total. The number of nitrogens with one attached hydrogen (secondary N) is 1. The number of amides is 2. The average Bonchev–Trinajstić information content (AvgIpc) is 2.67. The maximum Gasteiger partial charge on any atom is 0.341 e. The molecule has 3 aromatic rings. The monoisotopic (exact) mass is 364 g/mol. The van der Waals surface area contributed by atoms with Gasteiger partial charge in [0.1, 0.15) is 5.52 Å². The lowest BCUT2D eigenvalue weighted by atomic mass is 10.1. The van der Waals surface area contributed by atoms with Crippen LogP contribution in [0.25, 0.3) is 11.0 Å². The van der Waals surface area contributed by atoms with Crippen molar-refractivity contribution in [2.24, 2.45) is 5.73 Å². The van der Waals surface area contributed by atoms with Crippen molar-refractivity contribution in [3.63, 3.8) is 0 Å². The maximum absolute atomic E-state index is 12.5. The van der Waals surface area contributed by atoms with Crippen LogP contribution in [0, 0.1) is 0 Å². The van der Waals surface area contributed by atoms with Crippen LogP contribution < -0.4 is 11.1 Å². The van der Waals surface area contributed by atoms with Gasteiger partial charge in [-0.1, -0.05) is 18.2 Å². The fourth-order valence-electron chi connectivity index (χ4n) is 2.48. The van der Waals surface area contributed by atoms with Crippen molar-refractivity contribution in [3.8, 4) is 0 Å². The van der Waals surface area contributed by atoms with Crippen molar-refractivity contribution < 1.29 is 19.1 Å². The van der Waals surface area contributed by atoms with Crippen LogP contribution >= 0.6 is 0 Å². The third-order valence-corrected chi connectivity index (χ3v) is 3.82. The lowest BCUT2D eigenvalue weighted by Crippen LogP contribution is -2.31. The highest BCUT2D eigenvalue weighted by Crippen LogP contribution is 2.17. The summed E-state index contributed by atoms with van der Waals surface area (Å²) in [7, 11) is 0. The van der Waals surface area contributed by atoms with Gasteiger partial charge in [0.05, 0.1) is 22.3 Å². The normalized spacial score (nSPS) is 11.6. The smallest absolute Gasteiger partial charge is 0.341 e. The van der Waals surface area contributed by atoms with E-state index < -0.39 is 23.9 Å². The van der Waals surface area contributed by atoms with Crippen molar-refractivity contribution in [1.29, 1.82) is 0 Å². The van der Waals surface area contributed by atoms with E-state index in [4.69, 9.17) is 10.5 Å². The molecule has 0 spiro atoms. The Morgan fingerprint density at radius 1 is 1.00 bits per heavy atom. The Bertz CT molecular complexity index is 1030. The molecule has 8 heteroatoms. The number of para-hydroxylation sites is 2. The number of ether oxygens (including phenoxy) is 1. The summed E-state index contributed by atoms with van der Waals surface area (Å²) in [5.74, 6) is -1.97. The van der Waals surface area contributed by atoms with Crippen molar-refractivity contribution in [2.45, 2.75) is 13.0 Å². The minimum absolute atomic E-state index is 0.161. The van der Waals surface area contributed by atoms with Gasteiger partial charge in [-0.05, 0) is 31.2 Å². The Kier molecular flexibility index (Phi) is 5.07. The van der Waals surface area contributed by atoms with Crippen LogP contribution in [-0.2, 0) is 9.53 Å². The molecule has 2 aromatic carbocycles. The van der Waals surface area contributed by atoms with Crippen LogP contribution in [0.4, 0.5) is 5.69 Å². The Morgan fingerprint density at radius 3 is 2.48 bits per heavy atom. The summed E-state index contributed by atoms with van der Waals surface area (Å²) in [6.45, 7) is 1.43. The van der Waals surface area contributed by atoms with Gasteiger partial charge in [0, 0.05) is 12.4 Å². The third-order valence-electron chi connectivity index (χ3n) is 3.82. The van der Waals surface area contributed by atoms with Gasteiger partial charge in [0.2, 0.25) is 0 Å². The van der Waals surface area contributed by atoms with Gasteiger partial charge in [-0.2, -0.15) is 0 Å². The molecular weight excluding hydrogens is 348 g/mol. The second-order valence-corrected chi connectivity index (χ2v) is 5.68. The Morgan fingerprint density at radius 2 is 1.70 bits per heavy atom. The van der Waals surface area contributed by atoms with Crippen molar-refractivity contribution in [1.82, 2.24) is 9.97 Å². The molecule has 3 rings (SSSR count). The highest BCUT2D eigenvalue weighted by atomic mass is 16.5. The van der Waals surface area contributed by atoms with E-state index in [2.05, 4.69) is 15.3 Å². The number of carbonyl (C=O) groups excluding carboxylic acids is 3. The molecule has 0 aliphatic heterocycles. The SMILES string of the molecule is CC(OC(=O)c1cccc2nccnc12)C(=O)Nc1ccccc1C(N)=O. The number of hydrogen-bond acceptors (Lipinski definition) is 6. The van der Waals surface area contributed by atoms with E-state index in [0.717, 1.165) is 0 Å². The molecular formula is C19H16N4O4. The number of primary amides is 1. The van der Waals surface area contributed by atoms with E-state index in [1.807, 2.05) is 0 Å². The van der Waals surface area contributed by atoms with Crippen LogP contribution in [0.15, 0.2) is 54.9 Å². The first-order valence-corrected chi connectivity index (χ1v) is 8.08. The number of rotatable bonds is 5. The summed E-state index contributed by atoms with van der Waals surface area (Å²) < 4.78 is 5.24. The van der Waals surface area contributed by atoms with Crippen LogP contribution in [0.3, 0.4) is 0 Å². The topological polar surface area (TPSA) is 124 Å². The Balaban J connectivity index is 1.75. The predicted octanol–water partition coefficient (Wildman–Crippen LogP) is 1.91. The zero-order valence-electron chi connectivity index (χ0n) is 14.4. The lowest BCUT2D eigenvalue weighted by molar-refractivity contribution is -0.123. The fraction of sp³-hybridized carbons (Fsp3) is 0.105. The quantitative estimate of drug-likeness (QED) is 0.667. The molecule has 8 nitrogen and oxygen atoms in total. The van der Waals surface area contributed by atoms with Gasteiger partial charge < -0.3 is 15.8 Å². The molecule has 2 amide bonds. The van der Waals surface area contributed by atoms with Gasteiger partial charge in [-0.15, -0.1) is 0 Å². The van der Waals surface area contributed by atoms with E-state index in [1.165, 1.54) is 31.5 Å². The average molecular weight is 364 g/mol. The molecule has 1 heterocycles. The minimum atomic E-state index is -1.11. The first-order chi connectivity index (χ1) is 13.0. The molecule has 1 aromatic heterocycles. The Labute approximate surface area is 154 Å². The summed E-state index contributed by atoms with van der Waals surface area (Å²) in [5, 5.41) is 2.54. The molecule has 136 valence electrons. The molecule has 0 fully saturated rings. The molecule has 0 radical (unpaired) electrons. The number of benzene rings is 2. The van der Waals surface area contributed by atoms with Crippen molar-refractivity contribution in [2.75, 3.05) is 5.32 Å². The number of nitrogens with zero attached hydrogens (tertiary/aromatic N) is 2. The van der Waals surface area contributed by atoms with E-state index in [0.29, 0.717) is 11.0 Å². The highest BCUT2D eigenvalue weighted by Gasteiger charge is 2.22. The largest absolute Gasteiger partial charge is 0.449 e. The molecule has 27 heavy (non-hydrogen) atoms. The van der Waals surface area contributed by atoms with E-state index in [-0.39, 0.29) is 16.8 Å². The number of fused-ring (bicyclic) bond motifs is 1. The first kappa shape index (κ1) is 18.0. The zero-order valence-corrected chi connectivity index (χ0v) is 14.4. The van der Waals surface area contributed by atoms with E-state index in [1.54, 1.807) is 30.3 Å². The van der Waals surface area contributed by atoms with Crippen LogP contribution in [-0.4, -0.2) is 33.9 Å². The predicted molar refractivity (Wildman–Crippen MR) is 98.0 cm³/mol. The zero-order chi connectivity index (χ0) is 19.4. The van der Waals surface area contributed by atoms with Crippen molar-refractivity contribution >= 4 is 34.5 Å². The molecule has 0 aliphatic carbocycles. The van der Waals surface area contributed by atoms with Gasteiger partial charge in [-0.3, -0.25) is 19.6 Å². The summed E-state index contributed by atoms with van der Waals surface area (Å²) in [6.07, 6.45) is 1.88. The molecule has 1 atom stereocenters. The van der Waals surface area contributed by atoms with Crippen LogP contribution in [0.5, 0.6) is 0 Å². The third kappa shape index (κ3) is 3.90. The van der Waals surface area contributed by atoms with Gasteiger partial charge >= 0.3 is 5.97 Å². The van der Waals surface area contributed by atoms with Crippen LogP contribution in [0.1, 0.15) is 27.6 Å². The van der Waals surface area contributed by atoms with E-state index in [9.17, 15) is 14.4 Å². The molecule has 0 saturated carbocycles. The first-order valence-electron chi connectivity index (χ1n) is 8.08. The number of aromatic nitrogens is 2. The lowest BCUT2D eigenvalue weighted by Gasteiger charge is -2.15. The molecule has 0 saturated heterocycles. The Hall–Kier alpha value is -3.81. The minimum Gasteiger partial charge on any atom is -0.449 e. The second-order valence-electron chi connectivity index (χ2n) is 5.68. The van der Waals surface area contributed by atoms with Gasteiger partial charge in [0.15, 0.2) is 6.10 Å². The second kappa shape index (κ2) is 7.61. The summed E-state index contributed by atoms with van der Waals surface area (Å²) in [6, 6.07) is 11.2. The summed E-state index contributed by atoms with van der Waals surface area (Å²) >= 11 is 0. The maximum atomic E-state index is 12.5. The van der Waals surface area contributed by atoms with E-state index >= 15 is 0 Å². The molecule has 1 unspecified atom stereocenters. The van der Waals surface area contributed by atoms with Crippen molar-refractivity contribution in [3.05, 3.63) is 66.0 Å². The van der Waals surface area contributed by atoms with Gasteiger partial charge in [0.25, 0.3) is 11.8 Å². The fourth-order valence-corrected chi connectivity index (χ4v) is 2.48. The molecule has 0 aliphatic rings. The molecule has 0 bridgehead atoms. The number of carbonyl (C=O) groups is 3. The number of hydrogen-bond donors (Lipinski definition) is 2.